The maximum absolute atomic E-state index is 9.81. The van der Waals surface area contributed by atoms with Crippen LogP contribution in [0.2, 0.25) is 0 Å². The van der Waals surface area contributed by atoms with Crippen LogP contribution in [0.3, 0.4) is 0 Å². The first-order valence-electron chi connectivity index (χ1n) is 7.08. The van der Waals surface area contributed by atoms with Gasteiger partial charge in [0.05, 0.1) is 13.2 Å². The molecule has 0 bridgehead atoms. The minimum Gasteiger partial charge on any atom is -0.394 e. The molecule has 9 atom stereocenters. The van der Waals surface area contributed by atoms with Crippen molar-refractivity contribution in [3.05, 3.63) is 12.2 Å². The predicted molar refractivity (Wildman–Crippen MR) is 71.8 cm³/mol. The second-order valence-electron chi connectivity index (χ2n) is 5.57. The van der Waals surface area contributed by atoms with E-state index in [2.05, 4.69) is 6.58 Å². The fourth-order valence-electron chi connectivity index (χ4n) is 2.44. The highest BCUT2D eigenvalue weighted by Crippen LogP contribution is 2.27. The summed E-state index contributed by atoms with van der Waals surface area (Å²) in [5.41, 5.74) is 0.00799. The molecule has 7 N–H and O–H groups in total. The first kappa shape index (κ1) is 18.7. The van der Waals surface area contributed by atoms with Crippen LogP contribution < -0.4 is 0 Å². The van der Waals surface area contributed by atoms with Gasteiger partial charge in [0.15, 0.2) is 12.6 Å². The molecule has 10 heteroatoms. The Hall–Kier alpha value is -0.660. The maximum Gasteiger partial charge on any atom is 0.184 e. The van der Waals surface area contributed by atoms with Gasteiger partial charge in [-0.1, -0.05) is 6.58 Å². The van der Waals surface area contributed by atoms with Crippen molar-refractivity contribution in [2.45, 2.75) is 55.3 Å². The number of aliphatic hydroxyl groups excluding tert-OH is 7. The Morgan fingerprint density at radius 3 is 2.13 bits per heavy atom. The van der Waals surface area contributed by atoms with E-state index in [9.17, 15) is 30.6 Å². The number of hydrogen-bond acceptors (Lipinski definition) is 10. The van der Waals surface area contributed by atoms with Gasteiger partial charge in [-0.3, -0.25) is 0 Å². The van der Waals surface area contributed by atoms with Crippen LogP contribution in [0.15, 0.2) is 12.2 Å². The summed E-state index contributed by atoms with van der Waals surface area (Å²) in [4.78, 5) is 0. The third kappa shape index (κ3) is 3.72. The largest absolute Gasteiger partial charge is 0.394 e. The molecule has 0 aliphatic carbocycles. The lowest BCUT2D eigenvalue weighted by atomic mass is 9.97. The second kappa shape index (κ2) is 7.49. The van der Waals surface area contributed by atoms with E-state index in [0.717, 1.165) is 0 Å². The molecule has 1 unspecified atom stereocenters. The van der Waals surface area contributed by atoms with Crippen LogP contribution in [0, 0.1) is 0 Å². The third-order valence-electron chi connectivity index (χ3n) is 3.96. The molecule has 0 aromatic carbocycles. The lowest BCUT2D eigenvalue weighted by Crippen LogP contribution is -2.59. The van der Waals surface area contributed by atoms with Crippen molar-refractivity contribution in [2.24, 2.45) is 0 Å². The molecule has 0 spiro atoms. The van der Waals surface area contributed by atoms with Crippen molar-refractivity contribution in [1.29, 1.82) is 0 Å². The molecule has 0 aromatic rings. The SMILES string of the molecule is C=C1[C@@H](OC[C@H]2OC(O)[C@H](O)[C@@H](O)[C@@H]2O)O[C@H](CO)[C@H](O)[C@@H]1O. The number of ether oxygens (including phenoxy) is 3. The van der Waals surface area contributed by atoms with Gasteiger partial charge in [-0.2, -0.15) is 0 Å². The molecular weight excluding hydrogens is 316 g/mol. The minimum atomic E-state index is -1.70. The van der Waals surface area contributed by atoms with Crippen LogP contribution in [0.5, 0.6) is 0 Å². The summed E-state index contributed by atoms with van der Waals surface area (Å²) >= 11 is 0. The van der Waals surface area contributed by atoms with Crippen molar-refractivity contribution in [3.63, 3.8) is 0 Å². The summed E-state index contributed by atoms with van der Waals surface area (Å²) in [7, 11) is 0. The molecule has 2 aliphatic rings. The average Bonchev–Trinajstić information content (AvgIpc) is 2.54. The monoisotopic (exact) mass is 338 g/mol. The Balaban J connectivity index is 1.95. The first-order chi connectivity index (χ1) is 10.8. The van der Waals surface area contributed by atoms with Gasteiger partial charge in [0.25, 0.3) is 0 Å². The molecule has 2 heterocycles. The number of aliphatic hydroxyl groups is 7. The molecule has 2 aliphatic heterocycles. The van der Waals surface area contributed by atoms with Crippen LogP contribution in [-0.2, 0) is 14.2 Å². The molecule has 2 rings (SSSR count). The minimum absolute atomic E-state index is 0.00799. The zero-order valence-corrected chi connectivity index (χ0v) is 12.2. The van der Waals surface area contributed by atoms with Gasteiger partial charge in [0, 0.05) is 5.57 Å². The van der Waals surface area contributed by atoms with E-state index in [-0.39, 0.29) is 12.2 Å². The van der Waals surface area contributed by atoms with Crippen molar-refractivity contribution >= 4 is 0 Å². The number of rotatable bonds is 4. The highest BCUT2D eigenvalue weighted by atomic mass is 16.7. The number of hydrogen-bond donors (Lipinski definition) is 7. The van der Waals surface area contributed by atoms with E-state index < -0.39 is 61.9 Å². The van der Waals surface area contributed by atoms with Crippen molar-refractivity contribution in [2.75, 3.05) is 13.2 Å². The van der Waals surface area contributed by atoms with E-state index in [4.69, 9.17) is 19.3 Å². The Bertz CT molecular complexity index is 418. The summed E-state index contributed by atoms with van der Waals surface area (Å²) in [5, 5.41) is 66.8. The van der Waals surface area contributed by atoms with E-state index in [1.165, 1.54) is 0 Å². The first-order valence-corrected chi connectivity index (χ1v) is 7.08. The van der Waals surface area contributed by atoms with Crippen LogP contribution >= 0.6 is 0 Å². The lowest BCUT2D eigenvalue weighted by molar-refractivity contribution is -0.300. The molecule has 0 aromatic heterocycles. The standard InChI is InChI=1S/C13H22O10/c1-4-7(15)8(16)5(2-14)23-13(4)21-3-6-9(17)10(18)11(19)12(20)22-6/h5-20H,1-3H2/t5-,6-,7-,8+,9-,10+,11-,12?,13+/m1/s1. The van der Waals surface area contributed by atoms with Gasteiger partial charge in [-0.25, -0.2) is 0 Å². The summed E-state index contributed by atoms with van der Waals surface area (Å²) < 4.78 is 15.5. The quantitative estimate of drug-likeness (QED) is 0.249. The van der Waals surface area contributed by atoms with E-state index in [1.807, 2.05) is 0 Å². The van der Waals surface area contributed by atoms with Crippen molar-refractivity contribution in [1.82, 2.24) is 0 Å². The third-order valence-corrected chi connectivity index (χ3v) is 3.96. The summed E-state index contributed by atoms with van der Waals surface area (Å²) in [5.74, 6) is 0. The Morgan fingerprint density at radius 1 is 0.870 bits per heavy atom. The van der Waals surface area contributed by atoms with Crippen LogP contribution in [0.4, 0.5) is 0 Å². The fourth-order valence-corrected chi connectivity index (χ4v) is 2.44. The molecule has 134 valence electrons. The second-order valence-corrected chi connectivity index (χ2v) is 5.57. The fraction of sp³-hybridized carbons (Fsp3) is 0.846. The van der Waals surface area contributed by atoms with Gasteiger partial charge in [0.1, 0.15) is 42.7 Å². The van der Waals surface area contributed by atoms with E-state index >= 15 is 0 Å². The Kier molecular flexibility index (Phi) is 6.08. The highest BCUT2D eigenvalue weighted by molar-refractivity contribution is 5.12. The van der Waals surface area contributed by atoms with Crippen LogP contribution in [0.25, 0.3) is 0 Å². The molecule has 0 radical (unpaired) electrons. The molecule has 0 saturated carbocycles. The molecule has 10 nitrogen and oxygen atoms in total. The van der Waals surface area contributed by atoms with Gasteiger partial charge in [-0.05, 0) is 0 Å². The Morgan fingerprint density at radius 2 is 1.52 bits per heavy atom. The molecule has 23 heavy (non-hydrogen) atoms. The summed E-state index contributed by atoms with van der Waals surface area (Å²) in [6.45, 7) is 2.61. The van der Waals surface area contributed by atoms with Gasteiger partial charge >= 0.3 is 0 Å². The van der Waals surface area contributed by atoms with Crippen LogP contribution in [0.1, 0.15) is 0 Å². The topological polar surface area (TPSA) is 169 Å². The van der Waals surface area contributed by atoms with Gasteiger partial charge in [0.2, 0.25) is 0 Å². The predicted octanol–water partition coefficient (Wildman–Crippen LogP) is -4.20. The van der Waals surface area contributed by atoms with E-state index in [1.54, 1.807) is 0 Å². The summed E-state index contributed by atoms with van der Waals surface area (Å²) in [6.07, 6.45) is -12.7. The normalized spacial score (nSPS) is 48.5. The molecule has 2 saturated heterocycles. The van der Waals surface area contributed by atoms with Crippen molar-refractivity contribution < 1.29 is 50.0 Å². The van der Waals surface area contributed by atoms with Crippen LogP contribution in [-0.4, -0.2) is 104 Å². The zero-order chi connectivity index (χ0) is 17.3. The Labute approximate surface area is 131 Å². The van der Waals surface area contributed by atoms with Crippen molar-refractivity contribution in [3.8, 4) is 0 Å². The average molecular weight is 338 g/mol. The smallest absolute Gasteiger partial charge is 0.184 e. The van der Waals surface area contributed by atoms with Gasteiger partial charge < -0.3 is 50.0 Å². The molecule has 0 amide bonds. The molecular formula is C13H22O10. The lowest BCUT2D eigenvalue weighted by Gasteiger charge is -2.40. The highest BCUT2D eigenvalue weighted by Gasteiger charge is 2.44. The maximum atomic E-state index is 9.81. The zero-order valence-electron chi connectivity index (χ0n) is 12.2. The van der Waals surface area contributed by atoms with E-state index in [0.29, 0.717) is 0 Å². The summed E-state index contributed by atoms with van der Waals surface area (Å²) in [6, 6.07) is 0. The van der Waals surface area contributed by atoms with Gasteiger partial charge in [-0.15, -0.1) is 0 Å². The molecule has 2 fully saturated rings.